The van der Waals surface area contributed by atoms with Crippen molar-refractivity contribution in [3.8, 4) is 0 Å². The fraction of sp³-hybridized carbons (Fsp3) is 0.500. The van der Waals surface area contributed by atoms with Crippen LogP contribution in [-0.4, -0.2) is 16.2 Å². The lowest BCUT2D eigenvalue weighted by atomic mass is 9.80. The van der Waals surface area contributed by atoms with Gasteiger partial charge in [-0.25, -0.2) is 0 Å². The molecule has 2 N–H and O–H groups in total. The Hall–Kier alpha value is -1.35. The Bertz CT molecular complexity index is 396. The first kappa shape index (κ1) is 13.7. The van der Waals surface area contributed by atoms with Crippen LogP contribution in [0.25, 0.3) is 0 Å². The summed E-state index contributed by atoms with van der Waals surface area (Å²) in [5, 5.41) is 19.7. The molecule has 0 bridgehead atoms. The van der Waals surface area contributed by atoms with E-state index >= 15 is 0 Å². The summed E-state index contributed by atoms with van der Waals surface area (Å²) >= 11 is 0. The third-order valence-electron chi connectivity index (χ3n) is 3.16. The van der Waals surface area contributed by atoms with Crippen LogP contribution >= 0.6 is 0 Å². The van der Waals surface area contributed by atoms with Gasteiger partial charge in [0.1, 0.15) is 5.60 Å². The predicted molar refractivity (Wildman–Crippen MR) is 66.8 cm³/mol. The molecule has 1 aromatic rings. The second-order valence-electron chi connectivity index (χ2n) is 4.70. The van der Waals surface area contributed by atoms with E-state index in [2.05, 4.69) is 0 Å². The highest BCUT2D eigenvalue weighted by Gasteiger charge is 2.38. The zero-order valence-electron chi connectivity index (χ0n) is 10.6. The van der Waals surface area contributed by atoms with Crippen LogP contribution in [-0.2, 0) is 10.4 Å². The van der Waals surface area contributed by atoms with E-state index in [1.54, 1.807) is 13.0 Å². The molecule has 0 aliphatic rings. The van der Waals surface area contributed by atoms with E-state index in [1.165, 1.54) is 0 Å². The molecule has 2 unspecified atom stereocenters. The van der Waals surface area contributed by atoms with E-state index in [0.717, 1.165) is 12.0 Å². The predicted octanol–water partition coefficient (Wildman–Crippen LogP) is 2.70. The van der Waals surface area contributed by atoms with Crippen molar-refractivity contribution >= 4 is 5.97 Å². The number of aryl methyl sites for hydroxylation is 1. The third-order valence-corrected chi connectivity index (χ3v) is 3.16. The number of aliphatic carboxylic acids is 1. The molecule has 0 saturated carbocycles. The number of carboxylic acid groups (broad SMARTS) is 1. The zero-order valence-corrected chi connectivity index (χ0v) is 10.6. The number of carboxylic acids is 1. The monoisotopic (exact) mass is 236 g/mol. The third kappa shape index (κ3) is 3.07. The number of aliphatic hydroxyl groups is 1. The molecule has 0 fully saturated rings. The van der Waals surface area contributed by atoms with E-state index in [1.807, 2.05) is 32.0 Å². The lowest BCUT2D eigenvalue weighted by molar-refractivity contribution is -0.152. The van der Waals surface area contributed by atoms with Gasteiger partial charge >= 0.3 is 5.97 Å². The van der Waals surface area contributed by atoms with Crippen LogP contribution in [0.3, 0.4) is 0 Å². The van der Waals surface area contributed by atoms with Gasteiger partial charge in [0, 0.05) is 0 Å². The van der Waals surface area contributed by atoms with E-state index in [9.17, 15) is 15.0 Å². The summed E-state index contributed by atoms with van der Waals surface area (Å²) < 4.78 is 0. The summed E-state index contributed by atoms with van der Waals surface area (Å²) in [5.74, 6) is -1.72. The molecule has 3 nitrogen and oxygen atoms in total. The van der Waals surface area contributed by atoms with Crippen LogP contribution in [0.2, 0.25) is 0 Å². The summed E-state index contributed by atoms with van der Waals surface area (Å²) in [5.41, 5.74) is 0.357. The molecule has 0 aromatic heterocycles. The van der Waals surface area contributed by atoms with Gasteiger partial charge in [-0.1, -0.05) is 43.2 Å². The van der Waals surface area contributed by atoms with Crippen molar-refractivity contribution in [1.82, 2.24) is 0 Å². The molecule has 0 heterocycles. The summed E-state index contributed by atoms with van der Waals surface area (Å²) in [6, 6.07) is 7.38. The highest BCUT2D eigenvalue weighted by Crippen LogP contribution is 2.33. The minimum absolute atomic E-state index is 0.469. The first-order valence-corrected chi connectivity index (χ1v) is 5.92. The lowest BCUT2D eigenvalue weighted by Crippen LogP contribution is -2.37. The van der Waals surface area contributed by atoms with Crippen LogP contribution in [0.15, 0.2) is 24.3 Å². The summed E-state index contributed by atoms with van der Waals surface area (Å²) in [4.78, 5) is 11.2. The quantitative estimate of drug-likeness (QED) is 0.826. The van der Waals surface area contributed by atoms with Gasteiger partial charge in [0.15, 0.2) is 0 Å². The average Bonchev–Trinajstić information content (AvgIpc) is 2.25. The van der Waals surface area contributed by atoms with E-state index in [4.69, 9.17) is 0 Å². The molecule has 2 atom stereocenters. The van der Waals surface area contributed by atoms with Crippen molar-refractivity contribution in [3.05, 3.63) is 35.4 Å². The molecular formula is C14H20O3. The van der Waals surface area contributed by atoms with E-state index in [-0.39, 0.29) is 0 Å². The molecule has 0 aliphatic carbocycles. The molecule has 0 aliphatic heterocycles. The highest BCUT2D eigenvalue weighted by molar-refractivity contribution is 5.72. The smallest absolute Gasteiger partial charge is 0.309 e. The molecule has 17 heavy (non-hydrogen) atoms. The fourth-order valence-electron chi connectivity index (χ4n) is 2.09. The van der Waals surface area contributed by atoms with Crippen LogP contribution in [0, 0.1) is 12.8 Å². The maximum Gasteiger partial charge on any atom is 0.309 e. The standard InChI is InChI=1S/C14H20O3/c1-4-6-12(13(15)16)14(3,17)11-8-5-7-10(2)9-11/h5,7-9,12,17H,4,6H2,1-3H3,(H,15,16). The van der Waals surface area contributed by atoms with Crippen molar-refractivity contribution in [2.45, 2.75) is 39.2 Å². The Morgan fingerprint density at radius 1 is 1.47 bits per heavy atom. The van der Waals surface area contributed by atoms with Crippen LogP contribution < -0.4 is 0 Å². The molecular weight excluding hydrogens is 216 g/mol. The van der Waals surface area contributed by atoms with Crippen LogP contribution in [0.4, 0.5) is 0 Å². The van der Waals surface area contributed by atoms with Gasteiger partial charge in [-0.3, -0.25) is 4.79 Å². The van der Waals surface area contributed by atoms with Gasteiger partial charge in [-0.05, 0) is 25.8 Å². The van der Waals surface area contributed by atoms with E-state index < -0.39 is 17.5 Å². The SMILES string of the molecule is CCCC(C(=O)O)C(C)(O)c1cccc(C)c1. The molecule has 3 heteroatoms. The molecule has 94 valence electrons. The molecule has 1 aromatic carbocycles. The molecule has 0 saturated heterocycles. The summed E-state index contributed by atoms with van der Waals surface area (Å²) in [7, 11) is 0. The van der Waals surface area contributed by atoms with Crippen molar-refractivity contribution in [2.75, 3.05) is 0 Å². The van der Waals surface area contributed by atoms with Crippen molar-refractivity contribution in [3.63, 3.8) is 0 Å². The molecule has 1 rings (SSSR count). The number of hydrogen-bond acceptors (Lipinski definition) is 2. The Morgan fingerprint density at radius 3 is 2.59 bits per heavy atom. The highest BCUT2D eigenvalue weighted by atomic mass is 16.4. The van der Waals surface area contributed by atoms with Gasteiger partial charge in [0.2, 0.25) is 0 Å². The average molecular weight is 236 g/mol. The minimum atomic E-state index is -1.33. The van der Waals surface area contributed by atoms with Gasteiger partial charge in [-0.2, -0.15) is 0 Å². The van der Waals surface area contributed by atoms with Gasteiger partial charge < -0.3 is 10.2 Å². The first-order chi connectivity index (χ1) is 7.89. The summed E-state index contributed by atoms with van der Waals surface area (Å²) in [6.45, 7) is 5.42. The van der Waals surface area contributed by atoms with Gasteiger partial charge in [-0.15, -0.1) is 0 Å². The van der Waals surface area contributed by atoms with Crippen molar-refractivity contribution < 1.29 is 15.0 Å². The first-order valence-electron chi connectivity index (χ1n) is 5.92. The van der Waals surface area contributed by atoms with E-state index in [0.29, 0.717) is 12.0 Å². The fourth-order valence-corrected chi connectivity index (χ4v) is 2.09. The number of carbonyl (C=O) groups is 1. The Kier molecular flexibility index (Phi) is 4.29. The molecule has 0 amide bonds. The zero-order chi connectivity index (χ0) is 13.1. The topological polar surface area (TPSA) is 57.5 Å². The van der Waals surface area contributed by atoms with Crippen molar-refractivity contribution in [1.29, 1.82) is 0 Å². The molecule has 0 spiro atoms. The van der Waals surface area contributed by atoms with Gasteiger partial charge in [0.05, 0.1) is 5.92 Å². The number of rotatable bonds is 5. The Morgan fingerprint density at radius 2 is 2.12 bits per heavy atom. The Balaban J connectivity index is 3.10. The second-order valence-corrected chi connectivity index (χ2v) is 4.70. The van der Waals surface area contributed by atoms with Crippen LogP contribution in [0.5, 0.6) is 0 Å². The summed E-state index contributed by atoms with van der Waals surface area (Å²) in [6.07, 6.45) is 1.20. The normalized spacial score (nSPS) is 16.2. The Labute approximate surface area is 102 Å². The maximum atomic E-state index is 11.2. The second kappa shape index (κ2) is 5.32. The number of benzene rings is 1. The lowest BCUT2D eigenvalue weighted by Gasteiger charge is -2.30. The minimum Gasteiger partial charge on any atom is -0.481 e. The maximum absolute atomic E-state index is 11.2. The van der Waals surface area contributed by atoms with Crippen LogP contribution in [0.1, 0.15) is 37.8 Å². The largest absolute Gasteiger partial charge is 0.481 e. The number of hydrogen-bond donors (Lipinski definition) is 2. The van der Waals surface area contributed by atoms with Crippen molar-refractivity contribution in [2.24, 2.45) is 5.92 Å². The van der Waals surface area contributed by atoms with Gasteiger partial charge in [0.25, 0.3) is 0 Å². The molecule has 0 radical (unpaired) electrons.